The number of hydrogen-bond acceptors (Lipinski definition) is 5. The maximum atomic E-state index is 11.3. The lowest BCUT2D eigenvalue weighted by Gasteiger charge is -2.15. The number of sulfonamides is 1. The molecule has 32 heavy (non-hydrogen) atoms. The Morgan fingerprint density at radius 3 is 2.44 bits per heavy atom. The second-order valence-electron chi connectivity index (χ2n) is 6.95. The summed E-state index contributed by atoms with van der Waals surface area (Å²) in [6.07, 6.45) is 0.710. The van der Waals surface area contributed by atoms with Crippen LogP contribution in [0.1, 0.15) is 23.6 Å². The summed E-state index contributed by atoms with van der Waals surface area (Å²) in [5.74, 6) is 1.50. The highest BCUT2D eigenvalue weighted by Crippen LogP contribution is 2.20. The van der Waals surface area contributed by atoms with Gasteiger partial charge in [-0.25, -0.2) is 13.6 Å². The van der Waals surface area contributed by atoms with Crippen LogP contribution in [-0.4, -0.2) is 47.8 Å². The molecule has 0 saturated heterocycles. The van der Waals surface area contributed by atoms with Crippen LogP contribution in [0.2, 0.25) is 0 Å². The van der Waals surface area contributed by atoms with Crippen LogP contribution in [0.15, 0.2) is 52.4 Å². The fourth-order valence-corrected chi connectivity index (χ4v) is 3.38. The van der Waals surface area contributed by atoms with E-state index in [1.54, 1.807) is 19.2 Å². The van der Waals surface area contributed by atoms with Gasteiger partial charge in [0.1, 0.15) is 12.4 Å². The fraction of sp³-hybridized carbons (Fsp3) is 0.409. The number of primary sulfonamides is 1. The van der Waals surface area contributed by atoms with Gasteiger partial charge in [-0.1, -0.05) is 24.3 Å². The zero-order valence-electron chi connectivity index (χ0n) is 18.8. The van der Waals surface area contributed by atoms with E-state index < -0.39 is 10.0 Å². The first-order chi connectivity index (χ1) is 14.8. The maximum Gasteiger partial charge on any atom is 0.238 e. The molecule has 0 bridgehead atoms. The van der Waals surface area contributed by atoms with Crippen LogP contribution in [0.5, 0.6) is 5.75 Å². The predicted molar refractivity (Wildman–Crippen MR) is 138 cm³/mol. The molecular weight excluding hydrogens is 543 g/mol. The Morgan fingerprint density at radius 2 is 1.81 bits per heavy atom. The van der Waals surface area contributed by atoms with Crippen molar-refractivity contribution in [1.82, 2.24) is 10.6 Å². The molecule has 0 unspecified atom stereocenters. The first-order valence-electron chi connectivity index (χ1n) is 10.2. The quantitative estimate of drug-likeness (QED) is 0.164. The first-order valence-corrected chi connectivity index (χ1v) is 11.7. The molecule has 178 valence electrons. The normalized spacial score (nSPS) is 11.6. The molecule has 0 spiro atoms. The van der Waals surface area contributed by atoms with Gasteiger partial charge in [0.05, 0.1) is 11.5 Å². The third kappa shape index (κ3) is 9.72. The van der Waals surface area contributed by atoms with Gasteiger partial charge in [-0.05, 0) is 49.6 Å². The lowest BCUT2D eigenvalue weighted by Crippen LogP contribution is -2.38. The van der Waals surface area contributed by atoms with Crippen LogP contribution in [0.25, 0.3) is 0 Å². The van der Waals surface area contributed by atoms with Gasteiger partial charge in [0.25, 0.3) is 0 Å². The minimum atomic E-state index is -3.67. The molecule has 2 aromatic rings. The molecule has 0 saturated carbocycles. The number of rotatable bonds is 11. The molecule has 4 N–H and O–H groups in total. The van der Waals surface area contributed by atoms with E-state index in [4.69, 9.17) is 14.6 Å². The monoisotopic (exact) mass is 576 g/mol. The van der Waals surface area contributed by atoms with Gasteiger partial charge in [0, 0.05) is 32.3 Å². The molecule has 0 amide bonds. The van der Waals surface area contributed by atoms with Crippen molar-refractivity contribution in [3.8, 4) is 5.75 Å². The molecule has 0 heterocycles. The summed E-state index contributed by atoms with van der Waals surface area (Å²) in [5, 5.41) is 11.7. The number of nitrogens with one attached hydrogen (secondary N) is 2. The number of aliphatic imine (C=N–C) groups is 1. The van der Waals surface area contributed by atoms with Crippen LogP contribution in [0, 0.1) is 6.92 Å². The summed E-state index contributed by atoms with van der Waals surface area (Å²) in [6.45, 7) is 6.92. The molecule has 0 fully saturated rings. The highest BCUT2D eigenvalue weighted by atomic mass is 127. The van der Waals surface area contributed by atoms with E-state index in [-0.39, 0.29) is 28.9 Å². The maximum absolute atomic E-state index is 11.3. The lowest BCUT2D eigenvalue weighted by molar-refractivity contribution is 0.110. The Kier molecular flexibility index (Phi) is 12.6. The topological polar surface area (TPSA) is 115 Å². The van der Waals surface area contributed by atoms with Gasteiger partial charge in [-0.15, -0.1) is 24.0 Å². The summed E-state index contributed by atoms with van der Waals surface area (Å²) < 4.78 is 33.9. The lowest BCUT2D eigenvalue weighted by atomic mass is 10.1. The van der Waals surface area contributed by atoms with Crippen LogP contribution in [-0.2, 0) is 27.7 Å². The largest absolute Gasteiger partial charge is 0.491 e. The highest BCUT2D eigenvalue weighted by molar-refractivity contribution is 14.0. The molecular formula is C22H33IN4O4S. The van der Waals surface area contributed by atoms with Crippen molar-refractivity contribution < 1.29 is 17.9 Å². The predicted octanol–water partition coefficient (Wildman–Crippen LogP) is 2.58. The average Bonchev–Trinajstić information content (AvgIpc) is 2.74. The minimum absolute atomic E-state index is 0. The van der Waals surface area contributed by atoms with Crippen LogP contribution in [0.4, 0.5) is 0 Å². The third-order valence-electron chi connectivity index (χ3n) is 4.54. The van der Waals surface area contributed by atoms with Crippen molar-refractivity contribution in [2.24, 2.45) is 10.1 Å². The van der Waals surface area contributed by atoms with Crippen molar-refractivity contribution in [3.63, 3.8) is 0 Å². The van der Waals surface area contributed by atoms with Gasteiger partial charge >= 0.3 is 0 Å². The molecule has 0 aliphatic heterocycles. The summed E-state index contributed by atoms with van der Waals surface area (Å²) >= 11 is 0. The zero-order valence-corrected chi connectivity index (χ0v) is 21.9. The van der Waals surface area contributed by atoms with Gasteiger partial charge in [0.2, 0.25) is 10.0 Å². The van der Waals surface area contributed by atoms with Gasteiger partial charge in [-0.2, -0.15) is 0 Å². The molecule has 0 aliphatic carbocycles. The van der Waals surface area contributed by atoms with Crippen molar-refractivity contribution in [3.05, 3.63) is 59.2 Å². The summed E-state index contributed by atoms with van der Waals surface area (Å²) in [7, 11) is -1.96. The van der Waals surface area contributed by atoms with E-state index in [0.717, 1.165) is 22.4 Å². The number of ether oxygens (including phenoxy) is 2. The van der Waals surface area contributed by atoms with E-state index in [2.05, 4.69) is 15.6 Å². The SMILES string of the molecule is CCOCCOc1cc(C)ccc1CNC(=NC)NCCc1ccc(S(N)(=O)=O)cc1.I. The van der Waals surface area contributed by atoms with E-state index >= 15 is 0 Å². The number of hydrogen-bond donors (Lipinski definition) is 3. The second-order valence-corrected chi connectivity index (χ2v) is 8.51. The summed E-state index contributed by atoms with van der Waals surface area (Å²) in [4.78, 5) is 4.36. The van der Waals surface area contributed by atoms with E-state index in [1.165, 1.54) is 12.1 Å². The van der Waals surface area contributed by atoms with E-state index in [1.807, 2.05) is 32.0 Å². The van der Waals surface area contributed by atoms with Crippen LogP contribution >= 0.6 is 24.0 Å². The Morgan fingerprint density at radius 1 is 1.09 bits per heavy atom. The Hall–Kier alpha value is -1.89. The number of aryl methyl sites for hydroxylation is 1. The van der Waals surface area contributed by atoms with Crippen molar-refractivity contribution in [1.29, 1.82) is 0 Å². The van der Waals surface area contributed by atoms with Crippen molar-refractivity contribution >= 4 is 40.0 Å². The van der Waals surface area contributed by atoms with E-state index in [0.29, 0.717) is 45.3 Å². The first kappa shape index (κ1) is 28.1. The summed E-state index contributed by atoms with van der Waals surface area (Å²) in [6, 6.07) is 12.7. The standard InChI is InChI=1S/C22H32N4O4S.HI/c1-4-29-13-14-30-21-15-17(2)5-8-19(21)16-26-22(24-3)25-12-11-18-6-9-20(10-7-18)31(23,27)28;/h5-10,15H,4,11-14,16H2,1-3H3,(H2,23,27,28)(H2,24,25,26);1H. The summed E-state index contributed by atoms with van der Waals surface area (Å²) in [5.41, 5.74) is 3.16. The molecule has 0 atom stereocenters. The number of benzene rings is 2. The van der Waals surface area contributed by atoms with Crippen molar-refractivity contribution in [2.45, 2.75) is 31.7 Å². The van der Waals surface area contributed by atoms with Crippen LogP contribution < -0.4 is 20.5 Å². The Labute approximate surface area is 208 Å². The molecule has 10 heteroatoms. The van der Waals surface area contributed by atoms with Crippen LogP contribution in [0.3, 0.4) is 0 Å². The Bertz CT molecular complexity index is 966. The van der Waals surface area contributed by atoms with Gasteiger partial charge in [0.15, 0.2) is 5.96 Å². The number of nitrogens with zero attached hydrogens (tertiary/aromatic N) is 1. The molecule has 0 aliphatic rings. The third-order valence-corrected chi connectivity index (χ3v) is 5.47. The smallest absolute Gasteiger partial charge is 0.238 e. The zero-order chi connectivity index (χ0) is 22.7. The number of nitrogens with two attached hydrogens (primary N) is 1. The fourth-order valence-electron chi connectivity index (χ4n) is 2.87. The van der Waals surface area contributed by atoms with E-state index in [9.17, 15) is 8.42 Å². The number of halogens is 1. The molecule has 0 aromatic heterocycles. The molecule has 2 aromatic carbocycles. The Balaban J connectivity index is 0.00000512. The number of guanidine groups is 1. The van der Waals surface area contributed by atoms with Crippen molar-refractivity contribution in [2.75, 3.05) is 33.4 Å². The van der Waals surface area contributed by atoms with Gasteiger partial charge < -0.3 is 20.1 Å². The average molecular weight is 577 g/mol. The molecule has 0 radical (unpaired) electrons. The molecule has 8 nitrogen and oxygen atoms in total. The van der Waals surface area contributed by atoms with Gasteiger partial charge in [-0.3, -0.25) is 4.99 Å². The minimum Gasteiger partial charge on any atom is -0.491 e. The highest BCUT2D eigenvalue weighted by Gasteiger charge is 2.08. The second kappa shape index (κ2) is 14.3. The molecule has 2 rings (SSSR count).